The highest BCUT2D eigenvalue weighted by molar-refractivity contribution is 7.99. The summed E-state index contributed by atoms with van der Waals surface area (Å²) in [7, 11) is 0. The van der Waals surface area contributed by atoms with Crippen LogP contribution in [0.4, 0.5) is 0 Å². The Bertz CT molecular complexity index is 379. The molecule has 0 fully saturated rings. The standard InChI is InChI=1S/C6H5NO4S/c8-5-3-2(11-7-5)1-12-4(3)6(9)10/h4H,1H2,(H,7,8)(H,9,10). The molecule has 0 radical (unpaired) electrons. The van der Waals surface area contributed by atoms with Crippen molar-refractivity contribution in [2.75, 3.05) is 0 Å². The van der Waals surface area contributed by atoms with E-state index >= 15 is 0 Å². The van der Waals surface area contributed by atoms with Crippen LogP contribution in [-0.2, 0) is 10.5 Å². The predicted octanol–water partition coefficient (Wildman–Crippen LogP) is 0.340. The van der Waals surface area contributed by atoms with Crippen molar-refractivity contribution < 1.29 is 14.4 Å². The first-order valence-electron chi connectivity index (χ1n) is 3.25. The average Bonchev–Trinajstić information content (AvgIpc) is 2.53. The van der Waals surface area contributed by atoms with E-state index < -0.39 is 16.8 Å². The Morgan fingerprint density at radius 2 is 2.50 bits per heavy atom. The van der Waals surface area contributed by atoms with Crippen molar-refractivity contribution in [3.63, 3.8) is 0 Å². The first-order chi connectivity index (χ1) is 5.70. The summed E-state index contributed by atoms with van der Waals surface area (Å²) in [5, 5.41) is 10.0. The molecule has 12 heavy (non-hydrogen) atoms. The lowest BCUT2D eigenvalue weighted by atomic mass is 10.2. The molecule has 1 atom stereocenters. The highest BCUT2D eigenvalue weighted by Crippen LogP contribution is 2.39. The molecule has 0 aliphatic carbocycles. The Morgan fingerprint density at radius 1 is 1.75 bits per heavy atom. The van der Waals surface area contributed by atoms with Crippen LogP contribution in [-0.4, -0.2) is 16.2 Å². The van der Waals surface area contributed by atoms with Gasteiger partial charge in [0.1, 0.15) is 5.25 Å². The van der Waals surface area contributed by atoms with E-state index in [1.165, 1.54) is 11.8 Å². The van der Waals surface area contributed by atoms with E-state index in [0.717, 1.165) is 0 Å². The minimum Gasteiger partial charge on any atom is -0.480 e. The summed E-state index contributed by atoms with van der Waals surface area (Å²) in [6, 6.07) is 0. The minimum atomic E-state index is -0.995. The molecule has 0 saturated heterocycles. The topological polar surface area (TPSA) is 83.3 Å². The summed E-state index contributed by atoms with van der Waals surface area (Å²) in [5.41, 5.74) is -0.171. The molecule has 2 rings (SSSR count). The Morgan fingerprint density at radius 3 is 3.17 bits per heavy atom. The Balaban J connectivity index is 2.53. The van der Waals surface area contributed by atoms with Gasteiger partial charge in [-0.1, -0.05) is 0 Å². The van der Waals surface area contributed by atoms with Gasteiger partial charge < -0.3 is 9.63 Å². The van der Waals surface area contributed by atoms with Crippen molar-refractivity contribution in [1.29, 1.82) is 0 Å². The third kappa shape index (κ3) is 0.878. The molecule has 2 N–H and O–H groups in total. The summed E-state index contributed by atoms with van der Waals surface area (Å²) in [6.45, 7) is 0. The number of rotatable bonds is 1. The molecule has 1 aromatic heterocycles. The van der Waals surface area contributed by atoms with Gasteiger partial charge >= 0.3 is 5.97 Å². The maximum atomic E-state index is 11.0. The second kappa shape index (κ2) is 2.41. The van der Waals surface area contributed by atoms with Crippen molar-refractivity contribution in [3.8, 4) is 0 Å². The summed E-state index contributed by atoms with van der Waals surface area (Å²) < 4.78 is 4.77. The van der Waals surface area contributed by atoms with E-state index in [0.29, 0.717) is 11.5 Å². The lowest BCUT2D eigenvalue weighted by molar-refractivity contribution is -0.136. The number of thioether (sulfide) groups is 1. The fraction of sp³-hybridized carbons (Fsp3) is 0.333. The van der Waals surface area contributed by atoms with Gasteiger partial charge in [0, 0.05) is 0 Å². The fourth-order valence-corrected chi connectivity index (χ4v) is 2.23. The lowest BCUT2D eigenvalue weighted by Gasteiger charge is -1.98. The molecule has 0 bridgehead atoms. The normalized spacial score (nSPS) is 20.8. The highest BCUT2D eigenvalue weighted by atomic mass is 32.2. The molecule has 64 valence electrons. The van der Waals surface area contributed by atoms with Gasteiger partial charge in [0.15, 0.2) is 5.76 Å². The van der Waals surface area contributed by atoms with E-state index in [1.807, 2.05) is 0 Å². The quantitative estimate of drug-likeness (QED) is 0.662. The molecule has 1 aliphatic rings. The zero-order valence-corrected chi connectivity index (χ0v) is 6.68. The number of aromatic amines is 1. The van der Waals surface area contributed by atoms with Gasteiger partial charge in [-0.25, -0.2) is 0 Å². The van der Waals surface area contributed by atoms with Crippen molar-refractivity contribution in [2.45, 2.75) is 11.0 Å². The van der Waals surface area contributed by atoms with Gasteiger partial charge in [0.2, 0.25) is 0 Å². The van der Waals surface area contributed by atoms with E-state index in [-0.39, 0.29) is 5.56 Å². The average molecular weight is 187 g/mol. The molecule has 2 heterocycles. The van der Waals surface area contributed by atoms with Gasteiger partial charge in [0.25, 0.3) is 5.56 Å². The van der Waals surface area contributed by atoms with Crippen LogP contribution < -0.4 is 5.56 Å². The number of carboxylic acid groups (broad SMARTS) is 1. The smallest absolute Gasteiger partial charge is 0.321 e. The van der Waals surface area contributed by atoms with Crippen LogP contribution in [0.1, 0.15) is 16.6 Å². The molecule has 6 heteroatoms. The number of hydrogen-bond acceptors (Lipinski definition) is 4. The SMILES string of the molecule is O=C(O)C1SCc2o[nH]c(=O)c21. The molecule has 0 spiro atoms. The number of nitrogens with one attached hydrogen (secondary N) is 1. The van der Waals surface area contributed by atoms with Crippen LogP contribution in [0, 0.1) is 0 Å². The summed E-state index contributed by atoms with van der Waals surface area (Å²) in [4.78, 5) is 21.6. The zero-order chi connectivity index (χ0) is 8.72. The second-order valence-corrected chi connectivity index (χ2v) is 3.49. The van der Waals surface area contributed by atoms with E-state index in [9.17, 15) is 9.59 Å². The zero-order valence-electron chi connectivity index (χ0n) is 5.86. The van der Waals surface area contributed by atoms with Crippen LogP contribution in [0.25, 0.3) is 0 Å². The van der Waals surface area contributed by atoms with Crippen molar-refractivity contribution in [2.24, 2.45) is 0 Å². The lowest BCUT2D eigenvalue weighted by Crippen LogP contribution is -2.13. The van der Waals surface area contributed by atoms with Crippen LogP contribution >= 0.6 is 11.8 Å². The molecule has 1 aromatic rings. The highest BCUT2D eigenvalue weighted by Gasteiger charge is 2.35. The number of hydrogen-bond donors (Lipinski definition) is 2. The monoisotopic (exact) mass is 187 g/mol. The van der Waals surface area contributed by atoms with Crippen LogP contribution in [0.15, 0.2) is 9.32 Å². The maximum Gasteiger partial charge on any atom is 0.321 e. The summed E-state index contributed by atoms with van der Waals surface area (Å²) in [6.07, 6.45) is 0. The first kappa shape index (κ1) is 7.48. The van der Waals surface area contributed by atoms with Gasteiger partial charge in [-0.15, -0.1) is 11.8 Å². The largest absolute Gasteiger partial charge is 0.480 e. The van der Waals surface area contributed by atoms with E-state index in [2.05, 4.69) is 5.16 Å². The van der Waals surface area contributed by atoms with E-state index in [4.69, 9.17) is 9.63 Å². The molecule has 5 nitrogen and oxygen atoms in total. The number of carboxylic acids is 1. The van der Waals surface area contributed by atoms with Crippen molar-refractivity contribution in [1.82, 2.24) is 5.16 Å². The van der Waals surface area contributed by atoms with Crippen molar-refractivity contribution >= 4 is 17.7 Å². The number of aliphatic carboxylic acids is 1. The number of H-pyrrole nitrogens is 1. The molecule has 0 amide bonds. The summed E-state index contributed by atoms with van der Waals surface area (Å²) in [5.74, 6) is -0.0894. The molecule has 1 aliphatic heterocycles. The number of carbonyl (C=O) groups is 1. The first-order valence-corrected chi connectivity index (χ1v) is 4.29. The van der Waals surface area contributed by atoms with Crippen LogP contribution in [0.3, 0.4) is 0 Å². The second-order valence-electron chi connectivity index (χ2n) is 2.40. The number of fused-ring (bicyclic) bond motifs is 1. The Hall–Kier alpha value is -1.17. The van der Waals surface area contributed by atoms with E-state index in [1.54, 1.807) is 0 Å². The third-order valence-corrected chi connectivity index (χ3v) is 2.88. The predicted molar refractivity (Wildman–Crippen MR) is 41.0 cm³/mol. The number of aromatic nitrogens is 1. The van der Waals surface area contributed by atoms with Gasteiger partial charge in [0.05, 0.1) is 11.3 Å². The van der Waals surface area contributed by atoms with Crippen LogP contribution in [0.2, 0.25) is 0 Å². The molecule has 1 unspecified atom stereocenters. The molecular weight excluding hydrogens is 182 g/mol. The Labute approximate surface area is 70.7 Å². The van der Waals surface area contributed by atoms with Gasteiger partial charge in [-0.2, -0.15) is 5.16 Å². The minimum absolute atomic E-state index is 0.257. The van der Waals surface area contributed by atoms with Crippen molar-refractivity contribution in [3.05, 3.63) is 21.7 Å². The molecule has 0 saturated carbocycles. The fourth-order valence-electron chi connectivity index (χ4n) is 1.15. The third-order valence-electron chi connectivity index (χ3n) is 1.68. The maximum absolute atomic E-state index is 11.0. The van der Waals surface area contributed by atoms with Gasteiger partial charge in [-0.05, 0) is 0 Å². The Kier molecular flexibility index (Phi) is 1.50. The van der Waals surface area contributed by atoms with Gasteiger partial charge in [-0.3, -0.25) is 9.59 Å². The van der Waals surface area contributed by atoms with Crippen LogP contribution in [0.5, 0.6) is 0 Å². The molecular formula is C6H5NO4S. The summed E-state index contributed by atoms with van der Waals surface area (Å²) >= 11 is 1.19. The molecule has 0 aromatic carbocycles.